The van der Waals surface area contributed by atoms with Crippen LogP contribution in [0.2, 0.25) is 0 Å². The third-order valence-corrected chi connectivity index (χ3v) is 6.50. The minimum atomic E-state index is -0.557. The number of pyridine rings is 1. The van der Waals surface area contributed by atoms with E-state index in [4.69, 9.17) is 0 Å². The average Bonchev–Trinajstić information content (AvgIpc) is 3.27. The molecule has 8 nitrogen and oxygen atoms in total. The van der Waals surface area contributed by atoms with E-state index in [1.807, 2.05) is 63.4 Å². The molecular weight excluding hydrogens is 454 g/mol. The maximum atomic E-state index is 13.5. The lowest BCUT2D eigenvalue weighted by atomic mass is 10.1. The van der Waals surface area contributed by atoms with Gasteiger partial charge in [-0.15, -0.1) is 0 Å². The number of nitrogens with one attached hydrogen (secondary N) is 2. The summed E-state index contributed by atoms with van der Waals surface area (Å²) < 4.78 is 2.47. The Bertz CT molecular complexity index is 1720. The fraction of sp³-hybridized carbons (Fsp3) is 0.214. The normalized spacial score (nSPS) is 11.3. The van der Waals surface area contributed by atoms with E-state index in [-0.39, 0.29) is 24.6 Å². The van der Waals surface area contributed by atoms with Crippen LogP contribution in [0.4, 0.5) is 5.69 Å². The molecule has 0 radical (unpaired) electrons. The number of anilines is 1. The summed E-state index contributed by atoms with van der Waals surface area (Å²) in [7, 11) is 0. The number of nitrogens with zero attached hydrogens (tertiary/aromatic N) is 3. The predicted molar refractivity (Wildman–Crippen MR) is 142 cm³/mol. The summed E-state index contributed by atoms with van der Waals surface area (Å²) in [6.07, 6.45) is 3.90. The number of carbonyl (C=O) groups is 1. The Morgan fingerprint density at radius 3 is 2.47 bits per heavy atom. The maximum Gasteiger partial charge on any atom is 0.333 e. The van der Waals surface area contributed by atoms with E-state index in [0.29, 0.717) is 11.8 Å². The van der Waals surface area contributed by atoms with Crippen molar-refractivity contribution in [3.05, 3.63) is 104 Å². The number of hydrogen-bond donors (Lipinski definition) is 2. The molecule has 0 bridgehead atoms. The van der Waals surface area contributed by atoms with E-state index in [9.17, 15) is 14.4 Å². The molecule has 0 spiro atoms. The number of amides is 1. The van der Waals surface area contributed by atoms with Crippen LogP contribution in [0.15, 0.2) is 70.5 Å². The van der Waals surface area contributed by atoms with Gasteiger partial charge in [0.15, 0.2) is 0 Å². The highest BCUT2D eigenvalue weighted by Crippen LogP contribution is 2.22. The van der Waals surface area contributed by atoms with Gasteiger partial charge in [-0.05, 0) is 62.1 Å². The van der Waals surface area contributed by atoms with Gasteiger partial charge in [-0.2, -0.15) is 0 Å². The third kappa shape index (κ3) is 4.22. The van der Waals surface area contributed by atoms with Crippen molar-refractivity contribution in [2.45, 2.75) is 40.3 Å². The molecule has 3 aromatic heterocycles. The van der Waals surface area contributed by atoms with E-state index in [2.05, 4.69) is 15.3 Å². The Morgan fingerprint density at radius 1 is 0.972 bits per heavy atom. The fourth-order valence-corrected chi connectivity index (χ4v) is 4.86. The van der Waals surface area contributed by atoms with Crippen molar-refractivity contribution in [3.63, 3.8) is 0 Å². The van der Waals surface area contributed by atoms with Crippen LogP contribution in [0.5, 0.6) is 0 Å². The highest BCUT2D eigenvalue weighted by Gasteiger charge is 2.18. The first-order valence-corrected chi connectivity index (χ1v) is 11.8. The topological polar surface area (TPSA) is 102 Å². The molecule has 0 saturated carbocycles. The largest absolute Gasteiger partial charge is 0.361 e. The molecule has 1 amide bonds. The van der Waals surface area contributed by atoms with Crippen molar-refractivity contribution in [2.75, 3.05) is 5.32 Å². The van der Waals surface area contributed by atoms with Crippen molar-refractivity contribution in [1.29, 1.82) is 0 Å². The number of para-hydroxylation sites is 1. The van der Waals surface area contributed by atoms with E-state index >= 15 is 0 Å². The molecule has 5 aromatic rings. The smallest absolute Gasteiger partial charge is 0.333 e. The zero-order valence-electron chi connectivity index (χ0n) is 20.5. The minimum Gasteiger partial charge on any atom is -0.361 e. The lowest BCUT2D eigenvalue weighted by Crippen LogP contribution is -2.42. The van der Waals surface area contributed by atoms with Crippen LogP contribution in [-0.4, -0.2) is 25.0 Å². The zero-order valence-corrected chi connectivity index (χ0v) is 20.5. The monoisotopic (exact) mass is 481 g/mol. The first kappa shape index (κ1) is 23.3. The van der Waals surface area contributed by atoms with E-state index in [0.717, 1.165) is 38.8 Å². The van der Waals surface area contributed by atoms with E-state index in [1.54, 1.807) is 12.1 Å². The number of rotatable bonds is 6. The van der Waals surface area contributed by atoms with Gasteiger partial charge in [0.05, 0.1) is 5.39 Å². The van der Waals surface area contributed by atoms with Gasteiger partial charge in [-0.25, -0.2) is 9.78 Å². The molecule has 8 heteroatoms. The van der Waals surface area contributed by atoms with Gasteiger partial charge in [0.1, 0.15) is 12.2 Å². The van der Waals surface area contributed by atoms with Gasteiger partial charge in [-0.1, -0.05) is 35.9 Å². The number of fused-ring (bicyclic) bond motifs is 2. The van der Waals surface area contributed by atoms with Crippen LogP contribution in [0.3, 0.4) is 0 Å². The standard InChI is InChI=1S/C28H27N5O3/c1-17-13-18(2)25(19(3)14-17)31-24(34)16-33-26-22(8-6-11-29-26)27(35)32(28(33)36)12-10-20-15-30-23-9-5-4-7-21(20)23/h4-9,11,13-15,30H,10,12,16H2,1-3H3,(H,31,34). The van der Waals surface area contributed by atoms with Crippen LogP contribution in [0, 0.1) is 20.8 Å². The Labute approximate surface area is 207 Å². The zero-order chi connectivity index (χ0) is 25.4. The first-order valence-electron chi connectivity index (χ1n) is 11.8. The number of benzene rings is 2. The van der Waals surface area contributed by atoms with Gasteiger partial charge in [0.2, 0.25) is 5.91 Å². The Morgan fingerprint density at radius 2 is 1.69 bits per heavy atom. The second kappa shape index (κ2) is 9.30. The van der Waals surface area contributed by atoms with Gasteiger partial charge >= 0.3 is 5.69 Å². The molecule has 0 aliphatic carbocycles. The molecule has 0 unspecified atom stereocenters. The van der Waals surface area contributed by atoms with E-state index in [1.165, 1.54) is 15.3 Å². The molecule has 3 heterocycles. The summed E-state index contributed by atoms with van der Waals surface area (Å²) >= 11 is 0. The quantitative estimate of drug-likeness (QED) is 0.385. The second-order valence-electron chi connectivity index (χ2n) is 9.13. The van der Waals surface area contributed by atoms with Gasteiger partial charge in [0, 0.05) is 35.5 Å². The number of aromatic nitrogens is 4. The SMILES string of the molecule is Cc1cc(C)c(NC(=O)Cn2c(=O)n(CCc3c[nH]c4ccccc34)c(=O)c3cccnc32)c(C)c1. The fourth-order valence-electron chi connectivity index (χ4n) is 4.86. The predicted octanol–water partition coefficient (Wildman–Crippen LogP) is 3.85. The summed E-state index contributed by atoms with van der Waals surface area (Å²) in [6.45, 7) is 5.80. The number of aryl methyl sites for hydroxylation is 4. The van der Waals surface area contributed by atoms with Gasteiger partial charge < -0.3 is 10.3 Å². The molecule has 5 rings (SSSR count). The second-order valence-corrected chi connectivity index (χ2v) is 9.13. The van der Waals surface area contributed by atoms with Crippen molar-refractivity contribution >= 4 is 33.5 Å². The van der Waals surface area contributed by atoms with Gasteiger partial charge in [0.25, 0.3) is 5.56 Å². The van der Waals surface area contributed by atoms with E-state index < -0.39 is 11.2 Å². The molecular formula is C28H27N5O3. The highest BCUT2D eigenvalue weighted by atomic mass is 16.2. The molecule has 0 atom stereocenters. The lowest BCUT2D eigenvalue weighted by Gasteiger charge is -2.15. The average molecular weight is 482 g/mol. The number of carbonyl (C=O) groups excluding carboxylic acids is 1. The Balaban J connectivity index is 1.50. The first-order chi connectivity index (χ1) is 17.3. The highest BCUT2D eigenvalue weighted by molar-refractivity contribution is 5.93. The number of H-pyrrole nitrogens is 1. The number of aromatic amines is 1. The van der Waals surface area contributed by atoms with Crippen molar-refractivity contribution < 1.29 is 4.79 Å². The van der Waals surface area contributed by atoms with Crippen molar-refractivity contribution in [2.24, 2.45) is 0 Å². The Kier molecular flexibility index (Phi) is 6.01. The van der Waals surface area contributed by atoms with Crippen molar-refractivity contribution in [1.82, 2.24) is 19.1 Å². The molecule has 0 aliphatic heterocycles. The van der Waals surface area contributed by atoms with Crippen molar-refractivity contribution in [3.8, 4) is 0 Å². The maximum absolute atomic E-state index is 13.5. The lowest BCUT2D eigenvalue weighted by molar-refractivity contribution is -0.116. The molecule has 2 N–H and O–H groups in total. The van der Waals surface area contributed by atoms with Crippen LogP contribution in [-0.2, 0) is 24.3 Å². The third-order valence-electron chi connectivity index (χ3n) is 6.50. The molecule has 2 aromatic carbocycles. The Hall–Kier alpha value is -4.46. The molecule has 0 fully saturated rings. The van der Waals surface area contributed by atoms with Crippen LogP contribution in [0.25, 0.3) is 21.9 Å². The molecule has 0 aliphatic rings. The summed E-state index contributed by atoms with van der Waals surface area (Å²) in [5.41, 5.74) is 4.96. The molecule has 36 heavy (non-hydrogen) atoms. The van der Waals surface area contributed by atoms with Gasteiger partial charge in [-0.3, -0.25) is 18.7 Å². The summed E-state index contributed by atoms with van der Waals surface area (Å²) in [6, 6.07) is 15.2. The molecule has 182 valence electrons. The number of hydrogen-bond acceptors (Lipinski definition) is 4. The minimum absolute atomic E-state index is 0.183. The summed E-state index contributed by atoms with van der Waals surface area (Å²) in [5, 5.41) is 4.29. The summed E-state index contributed by atoms with van der Waals surface area (Å²) in [4.78, 5) is 47.3. The van der Waals surface area contributed by atoms with Crippen LogP contribution < -0.4 is 16.6 Å². The summed E-state index contributed by atoms with van der Waals surface area (Å²) in [5.74, 6) is -0.360. The van der Waals surface area contributed by atoms with Crippen LogP contribution >= 0.6 is 0 Å². The van der Waals surface area contributed by atoms with Crippen LogP contribution in [0.1, 0.15) is 22.3 Å². The molecule has 0 saturated heterocycles.